The van der Waals surface area contributed by atoms with Gasteiger partial charge in [-0.1, -0.05) is 0 Å². The van der Waals surface area contributed by atoms with Gasteiger partial charge in [0, 0.05) is 11.0 Å². The maximum atomic E-state index is 12.0. The zero-order chi connectivity index (χ0) is 14.6. The van der Waals surface area contributed by atoms with Crippen LogP contribution in [-0.4, -0.2) is 26.0 Å². The molecular formula is C11H11BrN2O4S. The van der Waals surface area contributed by atoms with Crippen LogP contribution in [0.25, 0.3) is 0 Å². The summed E-state index contributed by atoms with van der Waals surface area (Å²) in [6.07, 6.45) is 0. The summed E-state index contributed by atoms with van der Waals surface area (Å²) in [4.78, 5) is 10.7. The zero-order valence-electron chi connectivity index (χ0n) is 9.92. The molecule has 8 heteroatoms. The lowest BCUT2D eigenvalue weighted by Gasteiger charge is -2.10. The first kappa shape index (κ1) is 15.6. The molecule has 6 nitrogen and oxygen atoms in total. The number of carbonyl (C=O) groups is 1. The first-order valence-electron chi connectivity index (χ1n) is 5.20. The molecule has 0 radical (unpaired) electrons. The summed E-state index contributed by atoms with van der Waals surface area (Å²) in [6.45, 7) is 1.54. The summed E-state index contributed by atoms with van der Waals surface area (Å²) in [6, 6.07) is 5.61. The van der Waals surface area contributed by atoms with Gasteiger partial charge < -0.3 is 5.11 Å². The number of nitrogens with one attached hydrogen (secondary N) is 1. The maximum Gasteiger partial charge on any atom is 0.335 e. The third-order valence-corrected chi connectivity index (χ3v) is 4.69. The highest BCUT2D eigenvalue weighted by Crippen LogP contribution is 2.23. The van der Waals surface area contributed by atoms with Gasteiger partial charge in [-0.2, -0.15) is 5.26 Å². The molecular weight excluding hydrogens is 336 g/mol. The maximum absolute atomic E-state index is 12.0. The van der Waals surface area contributed by atoms with E-state index in [1.807, 2.05) is 6.07 Å². The molecule has 0 fully saturated rings. The number of sulfonamides is 1. The lowest BCUT2D eigenvalue weighted by Crippen LogP contribution is -2.28. The van der Waals surface area contributed by atoms with Crippen LogP contribution >= 0.6 is 15.9 Å². The first-order chi connectivity index (χ1) is 8.77. The monoisotopic (exact) mass is 346 g/mol. The van der Waals surface area contributed by atoms with Crippen LogP contribution in [0.5, 0.6) is 0 Å². The summed E-state index contributed by atoms with van der Waals surface area (Å²) < 4.78 is 26.5. The van der Waals surface area contributed by atoms with Crippen molar-refractivity contribution in [1.82, 2.24) is 4.72 Å². The van der Waals surface area contributed by atoms with Gasteiger partial charge in [-0.25, -0.2) is 17.9 Å². The summed E-state index contributed by atoms with van der Waals surface area (Å²) in [5.41, 5.74) is -0.128. The standard InChI is InChI=1S/C11H11BrN2O4S/c1-7(5-13)6-14-19(17,18)10-4-8(11(15)16)2-3-9(10)12/h2-4,7,14H,6H2,1H3,(H,15,16). The highest BCUT2D eigenvalue weighted by atomic mass is 79.9. The highest BCUT2D eigenvalue weighted by molar-refractivity contribution is 9.10. The molecule has 0 saturated carbocycles. The molecule has 1 unspecified atom stereocenters. The van der Waals surface area contributed by atoms with Crippen LogP contribution in [0.3, 0.4) is 0 Å². The van der Waals surface area contributed by atoms with Gasteiger partial charge in [0.25, 0.3) is 0 Å². The Morgan fingerprint density at radius 3 is 2.74 bits per heavy atom. The van der Waals surface area contributed by atoms with E-state index in [0.717, 1.165) is 6.07 Å². The van der Waals surface area contributed by atoms with Crippen molar-refractivity contribution in [1.29, 1.82) is 5.26 Å². The number of halogens is 1. The van der Waals surface area contributed by atoms with Gasteiger partial charge in [0.05, 0.1) is 22.4 Å². The number of hydrogen-bond acceptors (Lipinski definition) is 4. The predicted molar refractivity (Wildman–Crippen MR) is 71.1 cm³/mol. The largest absolute Gasteiger partial charge is 0.478 e. The van der Waals surface area contributed by atoms with E-state index in [1.54, 1.807) is 6.92 Å². The molecule has 0 aliphatic rings. The fraction of sp³-hybridized carbons (Fsp3) is 0.273. The average molecular weight is 347 g/mol. The average Bonchev–Trinajstić information content (AvgIpc) is 2.36. The van der Waals surface area contributed by atoms with Crippen molar-refractivity contribution in [3.63, 3.8) is 0 Å². The smallest absolute Gasteiger partial charge is 0.335 e. The SMILES string of the molecule is CC(C#N)CNS(=O)(=O)c1cc(C(=O)O)ccc1Br. The van der Waals surface area contributed by atoms with Gasteiger partial charge in [0.15, 0.2) is 0 Å². The van der Waals surface area contributed by atoms with Crippen LogP contribution in [0.15, 0.2) is 27.6 Å². The van der Waals surface area contributed by atoms with Crippen molar-refractivity contribution in [2.45, 2.75) is 11.8 Å². The quantitative estimate of drug-likeness (QED) is 0.841. The molecule has 0 spiro atoms. The predicted octanol–water partition coefficient (Wildman–Crippen LogP) is 1.59. The lowest BCUT2D eigenvalue weighted by atomic mass is 10.2. The minimum Gasteiger partial charge on any atom is -0.478 e. The van der Waals surface area contributed by atoms with E-state index in [1.165, 1.54) is 12.1 Å². The Morgan fingerprint density at radius 2 is 2.21 bits per heavy atom. The molecule has 0 aliphatic heterocycles. The molecule has 1 atom stereocenters. The summed E-state index contributed by atoms with van der Waals surface area (Å²) in [5.74, 6) is -1.69. The zero-order valence-corrected chi connectivity index (χ0v) is 12.3. The second-order valence-corrected chi connectivity index (χ2v) is 6.42. The van der Waals surface area contributed by atoms with E-state index in [-0.39, 0.29) is 21.5 Å². The topological polar surface area (TPSA) is 107 Å². The molecule has 0 aromatic heterocycles. The van der Waals surface area contributed by atoms with Crippen molar-refractivity contribution < 1.29 is 18.3 Å². The minimum absolute atomic E-state index is 0.0391. The summed E-state index contributed by atoms with van der Waals surface area (Å²) in [5, 5.41) is 17.5. The van der Waals surface area contributed by atoms with E-state index < -0.39 is 21.9 Å². The molecule has 1 aromatic rings. The summed E-state index contributed by atoms with van der Waals surface area (Å²) >= 11 is 3.06. The summed E-state index contributed by atoms with van der Waals surface area (Å²) in [7, 11) is -3.86. The minimum atomic E-state index is -3.86. The molecule has 1 aromatic carbocycles. The van der Waals surface area contributed by atoms with Crippen molar-refractivity contribution in [3.05, 3.63) is 28.2 Å². The van der Waals surface area contributed by atoms with Crippen LogP contribution in [0.2, 0.25) is 0 Å². The molecule has 0 amide bonds. The van der Waals surface area contributed by atoms with Crippen molar-refractivity contribution in [2.75, 3.05) is 6.54 Å². The number of aromatic carboxylic acids is 1. The van der Waals surface area contributed by atoms with Gasteiger partial charge in [0.1, 0.15) is 0 Å². The molecule has 19 heavy (non-hydrogen) atoms. The second-order valence-electron chi connectivity index (χ2n) is 3.83. The van der Waals surface area contributed by atoms with Crippen LogP contribution < -0.4 is 4.72 Å². The van der Waals surface area contributed by atoms with E-state index >= 15 is 0 Å². The van der Waals surface area contributed by atoms with E-state index in [4.69, 9.17) is 10.4 Å². The van der Waals surface area contributed by atoms with Gasteiger partial charge in [0.2, 0.25) is 10.0 Å². The van der Waals surface area contributed by atoms with Gasteiger partial charge in [-0.05, 0) is 41.1 Å². The van der Waals surface area contributed by atoms with Crippen molar-refractivity contribution >= 4 is 31.9 Å². The van der Waals surface area contributed by atoms with Crippen LogP contribution in [0.4, 0.5) is 0 Å². The second kappa shape index (κ2) is 6.14. The number of rotatable bonds is 5. The van der Waals surface area contributed by atoms with E-state index in [2.05, 4.69) is 20.7 Å². The van der Waals surface area contributed by atoms with Crippen LogP contribution in [0, 0.1) is 17.2 Å². The van der Waals surface area contributed by atoms with Crippen molar-refractivity contribution in [2.24, 2.45) is 5.92 Å². The molecule has 0 saturated heterocycles. The third-order valence-electron chi connectivity index (χ3n) is 2.27. The number of carboxylic acid groups (broad SMARTS) is 1. The molecule has 0 bridgehead atoms. The molecule has 0 aliphatic carbocycles. The lowest BCUT2D eigenvalue weighted by molar-refractivity contribution is 0.0696. The molecule has 0 heterocycles. The van der Waals surface area contributed by atoms with Gasteiger partial charge >= 0.3 is 5.97 Å². The Kier molecular flexibility index (Phi) is 5.05. The fourth-order valence-corrected chi connectivity index (χ4v) is 3.32. The normalized spacial score (nSPS) is 12.7. The Labute approximate surface area is 119 Å². The number of nitriles is 1. The third kappa shape index (κ3) is 4.02. The Bertz CT molecular complexity index is 637. The van der Waals surface area contributed by atoms with Crippen molar-refractivity contribution in [3.8, 4) is 6.07 Å². The number of hydrogen-bond donors (Lipinski definition) is 2. The van der Waals surface area contributed by atoms with E-state index in [9.17, 15) is 13.2 Å². The van der Waals surface area contributed by atoms with Gasteiger partial charge in [-0.15, -0.1) is 0 Å². The number of carboxylic acids is 1. The van der Waals surface area contributed by atoms with Gasteiger partial charge in [-0.3, -0.25) is 0 Å². The Morgan fingerprint density at radius 1 is 1.58 bits per heavy atom. The van der Waals surface area contributed by atoms with E-state index in [0.29, 0.717) is 0 Å². The Hall–Kier alpha value is -1.43. The number of benzene rings is 1. The molecule has 102 valence electrons. The van der Waals surface area contributed by atoms with Crippen LogP contribution in [0.1, 0.15) is 17.3 Å². The molecule has 2 N–H and O–H groups in total. The number of nitrogens with zero attached hydrogens (tertiary/aromatic N) is 1. The molecule has 1 rings (SSSR count). The Balaban J connectivity index is 3.11. The fourth-order valence-electron chi connectivity index (χ4n) is 1.20. The first-order valence-corrected chi connectivity index (χ1v) is 7.47. The van der Waals surface area contributed by atoms with Crippen LogP contribution in [-0.2, 0) is 10.0 Å². The highest BCUT2D eigenvalue weighted by Gasteiger charge is 2.20.